The molecule has 0 spiro atoms. The van der Waals surface area contributed by atoms with E-state index in [1.54, 1.807) is 0 Å². The van der Waals surface area contributed by atoms with E-state index >= 15 is 0 Å². The number of nitrogens with one attached hydrogen (secondary N) is 1. The van der Waals surface area contributed by atoms with E-state index in [1.807, 2.05) is 26.0 Å². The molecule has 110 valence electrons. The molecule has 0 aliphatic carbocycles. The Hall–Kier alpha value is -1.06. The number of hydrogen-bond acceptors (Lipinski definition) is 2. The number of piperidine rings is 1. The van der Waals surface area contributed by atoms with Crippen LogP contribution in [0.4, 0.5) is 5.69 Å². The molecule has 2 rings (SSSR count). The monoisotopic (exact) mass is 294 g/mol. The van der Waals surface area contributed by atoms with Crippen LogP contribution in [0.15, 0.2) is 12.1 Å². The number of aryl methyl sites for hydroxylation is 2. The van der Waals surface area contributed by atoms with Gasteiger partial charge in [0.2, 0.25) is 5.91 Å². The normalized spacial score (nSPS) is 19.9. The molecule has 0 bridgehead atoms. The number of carbonyl (C=O) groups is 1. The molecule has 1 atom stereocenters. The molecular weight excluding hydrogens is 272 g/mol. The van der Waals surface area contributed by atoms with Gasteiger partial charge in [0.15, 0.2) is 0 Å². The highest BCUT2D eigenvalue weighted by Crippen LogP contribution is 2.27. The van der Waals surface area contributed by atoms with Crippen LogP contribution in [0.3, 0.4) is 0 Å². The summed E-state index contributed by atoms with van der Waals surface area (Å²) >= 11 is 6.22. The van der Waals surface area contributed by atoms with E-state index in [2.05, 4.69) is 17.1 Å². The Labute approximate surface area is 126 Å². The van der Waals surface area contributed by atoms with Gasteiger partial charge in [0.1, 0.15) is 0 Å². The average molecular weight is 295 g/mol. The molecule has 3 nitrogen and oxygen atoms in total. The molecule has 0 unspecified atom stereocenters. The summed E-state index contributed by atoms with van der Waals surface area (Å²) in [6.45, 7) is 7.62. The van der Waals surface area contributed by atoms with Crippen molar-refractivity contribution in [3.63, 3.8) is 0 Å². The molecule has 1 amide bonds. The first-order valence-corrected chi connectivity index (χ1v) is 7.66. The van der Waals surface area contributed by atoms with Crippen LogP contribution in [-0.2, 0) is 4.79 Å². The first-order chi connectivity index (χ1) is 9.47. The molecule has 1 aliphatic rings. The largest absolute Gasteiger partial charge is 0.323 e. The van der Waals surface area contributed by atoms with Crippen LogP contribution in [0.5, 0.6) is 0 Å². The maximum atomic E-state index is 12.2. The van der Waals surface area contributed by atoms with Crippen molar-refractivity contribution in [1.29, 1.82) is 0 Å². The quantitative estimate of drug-likeness (QED) is 0.920. The number of halogens is 1. The third kappa shape index (κ3) is 3.74. The van der Waals surface area contributed by atoms with Crippen molar-refractivity contribution in [2.75, 3.05) is 18.4 Å². The number of nitrogens with zero attached hydrogens (tertiary/aromatic N) is 1. The fourth-order valence-corrected chi connectivity index (χ4v) is 3.20. The minimum atomic E-state index is 0.0209. The van der Waals surface area contributed by atoms with E-state index in [-0.39, 0.29) is 5.91 Å². The lowest BCUT2D eigenvalue weighted by molar-refractivity contribution is -0.118. The Balaban J connectivity index is 2.01. The van der Waals surface area contributed by atoms with Crippen LogP contribution in [0.25, 0.3) is 0 Å². The van der Waals surface area contributed by atoms with Gasteiger partial charge < -0.3 is 5.32 Å². The zero-order valence-electron chi connectivity index (χ0n) is 12.5. The summed E-state index contributed by atoms with van der Waals surface area (Å²) in [6.07, 6.45) is 3.63. The second-order valence-corrected chi connectivity index (χ2v) is 6.21. The number of hydrogen-bond donors (Lipinski definition) is 1. The standard InChI is InChI=1S/C16H23ClN2O/c1-11-8-12(2)16(14(17)9-11)18-15(20)10-19-7-5-4-6-13(19)3/h8-9,13H,4-7,10H2,1-3H3,(H,18,20)/t13-/m1/s1. The zero-order chi connectivity index (χ0) is 14.7. The van der Waals surface area contributed by atoms with Crippen LogP contribution in [-0.4, -0.2) is 29.9 Å². The van der Waals surface area contributed by atoms with Gasteiger partial charge in [-0.15, -0.1) is 0 Å². The lowest BCUT2D eigenvalue weighted by atomic mass is 10.0. The summed E-state index contributed by atoms with van der Waals surface area (Å²) in [4.78, 5) is 14.5. The molecule has 1 N–H and O–H groups in total. The van der Waals surface area contributed by atoms with Crippen molar-refractivity contribution in [3.8, 4) is 0 Å². The van der Waals surface area contributed by atoms with Crippen LogP contribution >= 0.6 is 11.6 Å². The molecule has 1 aromatic rings. The fourth-order valence-electron chi connectivity index (χ4n) is 2.83. The van der Waals surface area contributed by atoms with Crippen LogP contribution in [0.1, 0.15) is 37.3 Å². The van der Waals surface area contributed by atoms with Crippen molar-refractivity contribution >= 4 is 23.2 Å². The number of carbonyl (C=O) groups excluding carboxylic acids is 1. The van der Waals surface area contributed by atoms with Crippen molar-refractivity contribution in [2.24, 2.45) is 0 Å². The summed E-state index contributed by atoms with van der Waals surface area (Å²) in [5, 5.41) is 3.57. The molecule has 0 radical (unpaired) electrons. The second kappa shape index (κ2) is 6.59. The Morgan fingerprint density at radius 1 is 1.40 bits per heavy atom. The van der Waals surface area contributed by atoms with Gasteiger partial charge in [0, 0.05) is 6.04 Å². The zero-order valence-corrected chi connectivity index (χ0v) is 13.3. The number of likely N-dealkylation sites (tertiary alicyclic amines) is 1. The SMILES string of the molecule is Cc1cc(C)c(NC(=O)CN2CCCC[C@H]2C)c(Cl)c1. The van der Waals surface area contributed by atoms with E-state index in [0.29, 0.717) is 17.6 Å². The van der Waals surface area contributed by atoms with E-state index in [9.17, 15) is 4.79 Å². The number of amides is 1. The summed E-state index contributed by atoms with van der Waals surface area (Å²) in [5.41, 5.74) is 2.86. The molecule has 1 fully saturated rings. The smallest absolute Gasteiger partial charge is 0.238 e. The van der Waals surface area contributed by atoms with Crippen LogP contribution in [0, 0.1) is 13.8 Å². The van der Waals surface area contributed by atoms with Gasteiger partial charge in [-0.3, -0.25) is 9.69 Å². The molecule has 1 aromatic carbocycles. The van der Waals surface area contributed by atoms with Gasteiger partial charge in [-0.05, 0) is 57.4 Å². The molecule has 1 saturated heterocycles. The van der Waals surface area contributed by atoms with Gasteiger partial charge in [0.05, 0.1) is 17.3 Å². The maximum Gasteiger partial charge on any atom is 0.238 e. The maximum absolute atomic E-state index is 12.2. The Morgan fingerprint density at radius 2 is 2.15 bits per heavy atom. The summed E-state index contributed by atoms with van der Waals surface area (Å²) in [7, 11) is 0. The second-order valence-electron chi connectivity index (χ2n) is 5.80. The highest BCUT2D eigenvalue weighted by atomic mass is 35.5. The van der Waals surface area contributed by atoms with Gasteiger partial charge in [-0.1, -0.05) is 24.1 Å². The van der Waals surface area contributed by atoms with Gasteiger partial charge in [-0.2, -0.15) is 0 Å². The van der Waals surface area contributed by atoms with Gasteiger partial charge in [-0.25, -0.2) is 0 Å². The summed E-state index contributed by atoms with van der Waals surface area (Å²) in [6, 6.07) is 4.41. The molecule has 0 aromatic heterocycles. The highest BCUT2D eigenvalue weighted by molar-refractivity contribution is 6.34. The topological polar surface area (TPSA) is 32.3 Å². The number of rotatable bonds is 3. The predicted octanol–water partition coefficient (Wildman–Crippen LogP) is 3.77. The van der Waals surface area contributed by atoms with Gasteiger partial charge in [0.25, 0.3) is 0 Å². The molecule has 1 heterocycles. The van der Waals surface area contributed by atoms with Gasteiger partial charge >= 0.3 is 0 Å². The van der Waals surface area contributed by atoms with Crippen molar-refractivity contribution in [2.45, 2.75) is 46.1 Å². The molecule has 20 heavy (non-hydrogen) atoms. The first kappa shape index (κ1) is 15.3. The first-order valence-electron chi connectivity index (χ1n) is 7.28. The highest BCUT2D eigenvalue weighted by Gasteiger charge is 2.21. The lowest BCUT2D eigenvalue weighted by Crippen LogP contribution is -2.42. The number of benzene rings is 1. The summed E-state index contributed by atoms with van der Waals surface area (Å²) < 4.78 is 0. The fraction of sp³-hybridized carbons (Fsp3) is 0.562. The summed E-state index contributed by atoms with van der Waals surface area (Å²) in [5.74, 6) is 0.0209. The van der Waals surface area contributed by atoms with Crippen molar-refractivity contribution in [1.82, 2.24) is 4.90 Å². The van der Waals surface area contributed by atoms with E-state index < -0.39 is 0 Å². The minimum absolute atomic E-state index is 0.0209. The molecule has 0 saturated carbocycles. The Kier molecular flexibility index (Phi) is 5.06. The third-order valence-electron chi connectivity index (χ3n) is 3.98. The molecule has 4 heteroatoms. The van der Waals surface area contributed by atoms with E-state index in [0.717, 1.165) is 23.4 Å². The molecule has 1 aliphatic heterocycles. The lowest BCUT2D eigenvalue weighted by Gasteiger charge is -2.32. The predicted molar refractivity (Wildman–Crippen MR) is 84.4 cm³/mol. The minimum Gasteiger partial charge on any atom is -0.323 e. The van der Waals surface area contributed by atoms with Crippen molar-refractivity contribution in [3.05, 3.63) is 28.3 Å². The third-order valence-corrected chi connectivity index (χ3v) is 4.28. The molecular formula is C16H23ClN2O. The van der Waals surface area contributed by atoms with E-state index in [4.69, 9.17) is 11.6 Å². The average Bonchev–Trinajstić information content (AvgIpc) is 2.36. The van der Waals surface area contributed by atoms with Crippen molar-refractivity contribution < 1.29 is 4.79 Å². The Morgan fingerprint density at radius 3 is 2.80 bits per heavy atom. The van der Waals surface area contributed by atoms with Crippen LogP contribution < -0.4 is 5.32 Å². The van der Waals surface area contributed by atoms with Crippen LogP contribution in [0.2, 0.25) is 5.02 Å². The Bertz CT molecular complexity index is 478. The van der Waals surface area contributed by atoms with E-state index in [1.165, 1.54) is 19.3 Å². The number of anilines is 1.